The highest BCUT2D eigenvalue weighted by molar-refractivity contribution is 5.67. The molecule has 0 aliphatic heterocycles. The molecule has 4 unspecified atom stereocenters. The van der Waals surface area contributed by atoms with Crippen LogP contribution in [0.5, 0.6) is 0 Å². The summed E-state index contributed by atoms with van der Waals surface area (Å²) in [6.45, 7) is 4.79. The average molecular weight is 237 g/mol. The summed E-state index contributed by atoms with van der Waals surface area (Å²) in [5.41, 5.74) is 0. The summed E-state index contributed by atoms with van der Waals surface area (Å²) in [5.74, 6) is 2.53. The van der Waals surface area contributed by atoms with E-state index in [-0.39, 0.29) is 12.2 Å². The third kappa shape index (κ3) is 3.02. The summed E-state index contributed by atoms with van der Waals surface area (Å²) in [7, 11) is 0. The maximum absolute atomic E-state index is 11.4. The van der Waals surface area contributed by atoms with Gasteiger partial charge in [-0.15, -0.1) is 0 Å². The van der Waals surface area contributed by atoms with Gasteiger partial charge < -0.3 is 10.1 Å². The van der Waals surface area contributed by atoms with Gasteiger partial charge in [0.1, 0.15) is 6.10 Å². The Morgan fingerprint density at radius 3 is 2.94 bits per heavy atom. The highest BCUT2D eigenvalue weighted by Crippen LogP contribution is 2.54. The number of hydrogen-bond donors (Lipinski definition) is 1. The van der Waals surface area contributed by atoms with Gasteiger partial charge in [-0.2, -0.15) is 0 Å². The van der Waals surface area contributed by atoms with Crippen molar-refractivity contribution in [1.29, 1.82) is 0 Å². The van der Waals surface area contributed by atoms with E-state index < -0.39 is 0 Å². The lowest BCUT2D eigenvalue weighted by molar-refractivity contribution is 0.111. The van der Waals surface area contributed by atoms with Crippen LogP contribution in [0.3, 0.4) is 0 Å². The lowest BCUT2D eigenvalue weighted by Gasteiger charge is -2.16. The third-order valence-electron chi connectivity index (χ3n) is 4.08. The first-order valence-electron chi connectivity index (χ1n) is 6.87. The van der Waals surface area contributed by atoms with Crippen LogP contribution in [0.25, 0.3) is 0 Å². The SMILES string of the molecule is CCNC(=O)OC1/C=C/CCC2C(CC)C2C1. The number of ether oxygens (including phenoxy) is 1. The monoisotopic (exact) mass is 237 g/mol. The molecular formula is C14H23NO2. The highest BCUT2D eigenvalue weighted by atomic mass is 16.6. The third-order valence-corrected chi connectivity index (χ3v) is 4.08. The van der Waals surface area contributed by atoms with E-state index in [1.807, 2.05) is 6.92 Å². The molecule has 0 heterocycles. The molecule has 2 aliphatic rings. The number of carbonyl (C=O) groups is 1. The van der Waals surface area contributed by atoms with Gasteiger partial charge in [-0.25, -0.2) is 4.79 Å². The molecule has 17 heavy (non-hydrogen) atoms. The van der Waals surface area contributed by atoms with Gasteiger partial charge in [0, 0.05) is 6.54 Å². The molecule has 0 aromatic rings. The van der Waals surface area contributed by atoms with E-state index in [1.54, 1.807) is 0 Å². The molecule has 1 N–H and O–H groups in total. The normalized spacial score (nSPS) is 37.3. The second kappa shape index (κ2) is 5.56. The van der Waals surface area contributed by atoms with E-state index in [1.165, 1.54) is 12.8 Å². The van der Waals surface area contributed by atoms with Gasteiger partial charge >= 0.3 is 6.09 Å². The maximum Gasteiger partial charge on any atom is 0.407 e. The first-order chi connectivity index (χ1) is 8.26. The number of amides is 1. The number of fused-ring (bicyclic) bond motifs is 1. The Bertz CT molecular complexity index is 301. The quantitative estimate of drug-likeness (QED) is 0.766. The van der Waals surface area contributed by atoms with Crippen molar-refractivity contribution in [2.24, 2.45) is 17.8 Å². The first kappa shape index (κ1) is 12.5. The van der Waals surface area contributed by atoms with Crippen molar-refractivity contribution in [3.05, 3.63) is 12.2 Å². The minimum absolute atomic E-state index is 0.0223. The lowest BCUT2D eigenvalue weighted by atomic mass is 10.0. The van der Waals surface area contributed by atoms with E-state index in [0.29, 0.717) is 6.54 Å². The zero-order chi connectivity index (χ0) is 12.3. The molecule has 0 aromatic heterocycles. The van der Waals surface area contributed by atoms with Crippen LogP contribution in [0.4, 0.5) is 4.79 Å². The van der Waals surface area contributed by atoms with E-state index in [0.717, 1.165) is 30.6 Å². The van der Waals surface area contributed by atoms with Gasteiger partial charge in [-0.3, -0.25) is 0 Å². The molecule has 1 amide bonds. The fourth-order valence-corrected chi connectivity index (χ4v) is 3.20. The second-order valence-corrected chi connectivity index (χ2v) is 5.12. The summed E-state index contributed by atoms with van der Waals surface area (Å²) in [6, 6.07) is 0. The molecule has 0 saturated heterocycles. The zero-order valence-electron chi connectivity index (χ0n) is 10.8. The largest absolute Gasteiger partial charge is 0.442 e. The van der Waals surface area contributed by atoms with E-state index in [2.05, 4.69) is 24.4 Å². The van der Waals surface area contributed by atoms with E-state index in [9.17, 15) is 4.79 Å². The van der Waals surface area contributed by atoms with Gasteiger partial charge in [0.05, 0.1) is 0 Å². The summed E-state index contributed by atoms with van der Waals surface area (Å²) < 4.78 is 5.42. The van der Waals surface area contributed by atoms with Crippen molar-refractivity contribution in [3.8, 4) is 0 Å². The Morgan fingerprint density at radius 2 is 2.24 bits per heavy atom. The minimum atomic E-state index is -0.284. The summed E-state index contributed by atoms with van der Waals surface area (Å²) in [5, 5.41) is 2.69. The predicted octanol–water partition coefficient (Wildman–Crippen LogP) is 3.11. The second-order valence-electron chi connectivity index (χ2n) is 5.12. The fourth-order valence-electron chi connectivity index (χ4n) is 3.20. The molecule has 2 aliphatic carbocycles. The van der Waals surface area contributed by atoms with Gasteiger partial charge in [-0.1, -0.05) is 19.4 Å². The van der Waals surface area contributed by atoms with E-state index in [4.69, 9.17) is 4.74 Å². The fraction of sp³-hybridized carbons (Fsp3) is 0.786. The minimum Gasteiger partial charge on any atom is -0.442 e. The molecule has 0 radical (unpaired) electrons. The lowest BCUT2D eigenvalue weighted by Crippen LogP contribution is -2.28. The van der Waals surface area contributed by atoms with Gasteiger partial charge in [0.15, 0.2) is 0 Å². The van der Waals surface area contributed by atoms with Crippen molar-refractivity contribution in [2.75, 3.05) is 6.54 Å². The van der Waals surface area contributed by atoms with Crippen LogP contribution in [0.1, 0.15) is 39.5 Å². The number of allylic oxidation sites excluding steroid dienone is 1. The Kier molecular flexibility index (Phi) is 4.08. The van der Waals surface area contributed by atoms with Gasteiger partial charge in [0.25, 0.3) is 0 Å². The molecule has 3 nitrogen and oxygen atoms in total. The summed E-state index contributed by atoms with van der Waals surface area (Å²) in [6.07, 6.45) is 8.65. The summed E-state index contributed by atoms with van der Waals surface area (Å²) >= 11 is 0. The number of rotatable bonds is 3. The average Bonchev–Trinajstić information content (AvgIpc) is 2.91. The van der Waals surface area contributed by atoms with Gasteiger partial charge in [-0.05, 0) is 50.0 Å². The van der Waals surface area contributed by atoms with Crippen molar-refractivity contribution >= 4 is 6.09 Å². The molecule has 2 rings (SSSR count). The predicted molar refractivity (Wildman–Crippen MR) is 67.7 cm³/mol. The van der Waals surface area contributed by atoms with E-state index >= 15 is 0 Å². The number of hydrogen-bond acceptors (Lipinski definition) is 2. The van der Waals surface area contributed by atoms with Crippen LogP contribution < -0.4 is 5.32 Å². The molecule has 0 bridgehead atoms. The van der Waals surface area contributed by atoms with Crippen LogP contribution >= 0.6 is 0 Å². The van der Waals surface area contributed by atoms with Crippen LogP contribution in [0.2, 0.25) is 0 Å². The Morgan fingerprint density at radius 1 is 1.41 bits per heavy atom. The summed E-state index contributed by atoms with van der Waals surface area (Å²) in [4.78, 5) is 11.4. The number of alkyl carbamates (subject to hydrolysis) is 1. The molecule has 1 fully saturated rings. The van der Waals surface area contributed by atoms with Crippen molar-refractivity contribution in [3.63, 3.8) is 0 Å². The van der Waals surface area contributed by atoms with Gasteiger partial charge in [0.2, 0.25) is 0 Å². The molecule has 1 saturated carbocycles. The highest BCUT2D eigenvalue weighted by Gasteiger charge is 2.48. The van der Waals surface area contributed by atoms with Crippen LogP contribution in [-0.2, 0) is 4.74 Å². The van der Waals surface area contributed by atoms with Crippen LogP contribution in [0.15, 0.2) is 12.2 Å². The smallest absolute Gasteiger partial charge is 0.407 e. The Labute approximate surface area is 104 Å². The number of nitrogens with one attached hydrogen (secondary N) is 1. The molecule has 4 atom stereocenters. The number of carbonyl (C=O) groups excluding carboxylic acids is 1. The molecule has 0 spiro atoms. The van der Waals surface area contributed by atoms with Crippen molar-refractivity contribution in [2.45, 2.75) is 45.6 Å². The van der Waals surface area contributed by atoms with Crippen LogP contribution in [0, 0.1) is 17.8 Å². The molecule has 3 heteroatoms. The Hall–Kier alpha value is -0.990. The molecule has 96 valence electrons. The Balaban J connectivity index is 1.88. The molecule has 0 aromatic carbocycles. The molecular weight excluding hydrogens is 214 g/mol. The van der Waals surface area contributed by atoms with Crippen LogP contribution in [-0.4, -0.2) is 18.7 Å². The van der Waals surface area contributed by atoms with Crippen molar-refractivity contribution in [1.82, 2.24) is 5.32 Å². The topological polar surface area (TPSA) is 38.3 Å². The zero-order valence-corrected chi connectivity index (χ0v) is 10.8. The standard InChI is InChI=1S/C14H23NO2/c1-3-11-12-8-6-5-7-10(9-13(11)12)17-14(16)15-4-2/h5,7,10-13H,3-4,6,8-9H2,1-2H3,(H,15,16)/b7-5+. The van der Waals surface area contributed by atoms with Crippen molar-refractivity contribution < 1.29 is 9.53 Å². The first-order valence-corrected chi connectivity index (χ1v) is 6.87. The maximum atomic E-state index is 11.4.